The summed E-state index contributed by atoms with van der Waals surface area (Å²) >= 11 is 0. The summed E-state index contributed by atoms with van der Waals surface area (Å²) in [6.07, 6.45) is 3.10. The van der Waals surface area contributed by atoms with Crippen LogP contribution in [0.15, 0.2) is 0 Å². The molecule has 0 aromatic carbocycles. The molecular weight excluding hydrogens is 228 g/mol. The molecule has 0 saturated heterocycles. The molecule has 1 aliphatic rings. The Hall–Kier alpha value is -1.36. The van der Waals surface area contributed by atoms with Crippen molar-refractivity contribution >= 4 is 5.91 Å². The van der Waals surface area contributed by atoms with Gasteiger partial charge in [0, 0.05) is 25.3 Å². The Morgan fingerprint density at radius 2 is 2.17 bits per heavy atom. The molecule has 0 unspecified atom stereocenters. The summed E-state index contributed by atoms with van der Waals surface area (Å²) in [6.45, 7) is 5.23. The number of amides is 1. The van der Waals surface area contributed by atoms with Gasteiger partial charge in [0.25, 0.3) is 5.91 Å². The highest BCUT2D eigenvalue weighted by Gasteiger charge is 2.34. The van der Waals surface area contributed by atoms with Crippen molar-refractivity contribution in [1.82, 2.24) is 14.7 Å². The minimum absolute atomic E-state index is 0.119. The fourth-order valence-corrected chi connectivity index (χ4v) is 2.32. The van der Waals surface area contributed by atoms with Gasteiger partial charge in [-0.05, 0) is 39.7 Å². The predicted octanol–water partition coefficient (Wildman–Crippen LogP) is 0.990. The minimum atomic E-state index is 0.119. The zero-order valence-electron chi connectivity index (χ0n) is 11.4. The first-order valence-corrected chi connectivity index (χ1v) is 6.57. The van der Waals surface area contributed by atoms with E-state index in [9.17, 15) is 4.79 Å². The van der Waals surface area contributed by atoms with E-state index in [0.29, 0.717) is 12.6 Å². The largest absolute Gasteiger partial charge is 0.336 e. The maximum absolute atomic E-state index is 12.6. The van der Waals surface area contributed by atoms with Gasteiger partial charge in [-0.1, -0.05) is 0 Å². The third-order valence-corrected chi connectivity index (χ3v) is 3.57. The Kier molecular flexibility index (Phi) is 3.71. The van der Waals surface area contributed by atoms with Gasteiger partial charge in [-0.2, -0.15) is 5.10 Å². The predicted molar refractivity (Wildman–Crippen MR) is 70.4 cm³/mol. The average Bonchev–Trinajstić information content (AvgIpc) is 3.10. The molecular formula is C13H22N4O. The van der Waals surface area contributed by atoms with Gasteiger partial charge in [0.1, 0.15) is 0 Å². The lowest BCUT2D eigenvalue weighted by Crippen LogP contribution is -2.35. The van der Waals surface area contributed by atoms with Crippen LogP contribution in [-0.2, 0) is 7.05 Å². The lowest BCUT2D eigenvalue weighted by Gasteiger charge is -2.22. The highest BCUT2D eigenvalue weighted by Crippen LogP contribution is 2.29. The summed E-state index contributed by atoms with van der Waals surface area (Å²) in [7, 11) is 1.88. The number of aryl methyl sites for hydroxylation is 2. The van der Waals surface area contributed by atoms with E-state index in [1.807, 2.05) is 25.8 Å². The van der Waals surface area contributed by atoms with E-state index in [-0.39, 0.29) is 5.91 Å². The zero-order chi connectivity index (χ0) is 13.3. The molecule has 18 heavy (non-hydrogen) atoms. The van der Waals surface area contributed by atoms with Crippen LogP contribution in [0.3, 0.4) is 0 Å². The molecule has 5 heteroatoms. The van der Waals surface area contributed by atoms with Gasteiger partial charge in [-0.3, -0.25) is 9.48 Å². The number of nitrogens with two attached hydrogens (primary N) is 1. The Morgan fingerprint density at radius 1 is 1.50 bits per heavy atom. The summed E-state index contributed by atoms with van der Waals surface area (Å²) in [5.41, 5.74) is 8.07. The lowest BCUT2D eigenvalue weighted by atomic mass is 10.1. The van der Waals surface area contributed by atoms with Crippen LogP contribution >= 0.6 is 0 Å². The number of aromatic nitrogens is 2. The number of hydrogen-bond acceptors (Lipinski definition) is 3. The first-order valence-electron chi connectivity index (χ1n) is 6.57. The van der Waals surface area contributed by atoms with Gasteiger partial charge in [0.15, 0.2) is 0 Å². The number of nitrogens with zero attached hydrogens (tertiary/aromatic N) is 3. The van der Waals surface area contributed by atoms with Crippen LogP contribution in [0.4, 0.5) is 0 Å². The van der Waals surface area contributed by atoms with Crippen LogP contribution in [0.2, 0.25) is 0 Å². The van der Waals surface area contributed by atoms with E-state index < -0.39 is 0 Å². The van der Waals surface area contributed by atoms with Crippen LogP contribution in [0.25, 0.3) is 0 Å². The number of rotatable bonds is 5. The first-order chi connectivity index (χ1) is 8.56. The highest BCUT2D eigenvalue weighted by molar-refractivity contribution is 5.96. The summed E-state index contributed by atoms with van der Waals surface area (Å²) in [5, 5.41) is 4.32. The third kappa shape index (κ3) is 2.41. The van der Waals surface area contributed by atoms with Crippen molar-refractivity contribution in [3.8, 4) is 0 Å². The second-order valence-corrected chi connectivity index (χ2v) is 5.04. The molecule has 1 aromatic heterocycles. The van der Waals surface area contributed by atoms with Crippen molar-refractivity contribution < 1.29 is 4.79 Å². The Balaban J connectivity index is 2.22. The molecule has 2 rings (SSSR count). The van der Waals surface area contributed by atoms with Crippen LogP contribution in [0, 0.1) is 13.8 Å². The second-order valence-electron chi connectivity index (χ2n) is 5.04. The summed E-state index contributed by atoms with van der Waals surface area (Å²) < 4.78 is 1.77. The maximum Gasteiger partial charge on any atom is 0.257 e. The van der Waals surface area contributed by atoms with Gasteiger partial charge >= 0.3 is 0 Å². The SMILES string of the molecule is Cc1nn(C)c(C)c1C(=O)N(CCCN)C1CC1. The van der Waals surface area contributed by atoms with Crippen LogP contribution < -0.4 is 5.73 Å². The van der Waals surface area contributed by atoms with Gasteiger partial charge in [0.05, 0.1) is 11.3 Å². The number of carbonyl (C=O) groups excluding carboxylic acids is 1. The van der Waals surface area contributed by atoms with Crippen molar-refractivity contribution in [3.05, 3.63) is 17.0 Å². The molecule has 0 spiro atoms. The lowest BCUT2D eigenvalue weighted by molar-refractivity contribution is 0.0740. The Bertz CT molecular complexity index is 448. The molecule has 0 bridgehead atoms. The molecule has 1 aromatic rings. The molecule has 0 atom stereocenters. The smallest absolute Gasteiger partial charge is 0.257 e. The van der Waals surface area contributed by atoms with Crippen LogP contribution in [-0.4, -0.2) is 39.7 Å². The maximum atomic E-state index is 12.6. The summed E-state index contributed by atoms with van der Waals surface area (Å²) in [6, 6.07) is 0.419. The Labute approximate surface area is 108 Å². The topological polar surface area (TPSA) is 64.2 Å². The monoisotopic (exact) mass is 250 g/mol. The van der Waals surface area contributed by atoms with E-state index in [1.54, 1.807) is 4.68 Å². The number of carbonyl (C=O) groups is 1. The normalized spacial score (nSPS) is 14.9. The minimum Gasteiger partial charge on any atom is -0.336 e. The molecule has 1 saturated carbocycles. The summed E-state index contributed by atoms with van der Waals surface area (Å²) in [4.78, 5) is 14.6. The van der Waals surface area contributed by atoms with Crippen LogP contribution in [0.5, 0.6) is 0 Å². The highest BCUT2D eigenvalue weighted by atomic mass is 16.2. The van der Waals surface area contributed by atoms with E-state index in [2.05, 4.69) is 5.10 Å². The molecule has 1 heterocycles. The van der Waals surface area contributed by atoms with Crippen LogP contribution in [0.1, 0.15) is 41.0 Å². The van der Waals surface area contributed by atoms with Gasteiger partial charge in [0.2, 0.25) is 0 Å². The third-order valence-electron chi connectivity index (χ3n) is 3.57. The summed E-state index contributed by atoms with van der Waals surface area (Å²) in [5.74, 6) is 0.119. The Morgan fingerprint density at radius 3 is 2.61 bits per heavy atom. The molecule has 0 radical (unpaired) electrons. The van der Waals surface area contributed by atoms with Gasteiger partial charge in [-0.15, -0.1) is 0 Å². The van der Waals surface area contributed by atoms with E-state index >= 15 is 0 Å². The fourth-order valence-electron chi connectivity index (χ4n) is 2.32. The fraction of sp³-hybridized carbons (Fsp3) is 0.692. The quantitative estimate of drug-likeness (QED) is 0.847. The molecule has 1 fully saturated rings. The second kappa shape index (κ2) is 5.10. The molecule has 1 aliphatic carbocycles. The van der Waals surface area contributed by atoms with Crippen molar-refractivity contribution in [2.75, 3.05) is 13.1 Å². The molecule has 1 amide bonds. The molecule has 0 aliphatic heterocycles. The van der Waals surface area contributed by atoms with E-state index in [0.717, 1.165) is 42.8 Å². The number of hydrogen-bond donors (Lipinski definition) is 1. The first kappa shape index (κ1) is 13.1. The average molecular weight is 250 g/mol. The van der Waals surface area contributed by atoms with E-state index in [1.165, 1.54) is 0 Å². The van der Waals surface area contributed by atoms with Crippen molar-refractivity contribution in [2.24, 2.45) is 12.8 Å². The van der Waals surface area contributed by atoms with E-state index in [4.69, 9.17) is 5.73 Å². The van der Waals surface area contributed by atoms with Crippen molar-refractivity contribution in [3.63, 3.8) is 0 Å². The van der Waals surface area contributed by atoms with Crippen molar-refractivity contribution in [1.29, 1.82) is 0 Å². The van der Waals surface area contributed by atoms with Gasteiger partial charge in [-0.25, -0.2) is 0 Å². The molecule has 5 nitrogen and oxygen atoms in total. The van der Waals surface area contributed by atoms with Crippen molar-refractivity contribution in [2.45, 2.75) is 39.2 Å². The van der Waals surface area contributed by atoms with Gasteiger partial charge < -0.3 is 10.6 Å². The molecule has 100 valence electrons. The zero-order valence-corrected chi connectivity index (χ0v) is 11.4. The standard InChI is InChI=1S/C13H22N4O/c1-9-12(10(2)16(3)15-9)13(18)17(8-4-7-14)11-5-6-11/h11H,4-8,14H2,1-3H3. The molecule has 2 N–H and O–H groups in total.